The van der Waals surface area contributed by atoms with E-state index in [1.165, 1.54) is 44.9 Å². The van der Waals surface area contributed by atoms with Gasteiger partial charge in [0.15, 0.2) is 0 Å². The Hall–Kier alpha value is -0.610. The minimum absolute atomic E-state index is 0.211. The highest BCUT2D eigenvalue weighted by Crippen LogP contribution is 2.29. The molecule has 0 aromatic carbocycles. The molecule has 3 N–H and O–H groups in total. The highest BCUT2D eigenvalue weighted by atomic mass is 16.1. The van der Waals surface area contributed by atoms with E-state index in [-0.39, 0.29) is 5.91 Å². The van der Waals surface area contributed by atoms with E-state index in [2.05, 4.69) is 24.2 Å². The number of carbonyl (C=O) groups excluding carboxylic acids is 1. The highest BCUT2D eigenvalue weighted by molar-refractivity contribution is 5.84. The lowest BCUT2D eigenvalue weighted by atomic mass is 9.84. The van der Waals surface area contributed by atoms with Crippen LogP contribution in [0.1, 0.15) is 65.2 Å². The van der Waals surface area contributed by atoms with E-state index in [4.69, 9.17) is 5.73 Å². The summed E-state index contributed by atoms with van der Waals surface area (Å²) in [7, 11) is 2.20. The van der Waals surface area contributed by atoms with Gasteiger partial charge in [-0.3, -0.25) is 4.79 Å². The molecular weight excluding hydrogens is 262 g/mol. The van der Waals surface area contributed by atoms with Crippen molar-refractivity contribution in [3.05, 3.63) is 0 Å². The van der Waals surface area contributed by atoms with Gasteiger partial charge in [-0.2, -0.15) is 0 Å². The first-order valence-electron chi connectivity index (χ1n) is 8.72. The Balaban J connectivity index is 1.78. The Morgan fingerprint density at radius 3 is 2.33 bits per heavy atom. The topological polar surface area (TPSA) is 58.4 Å². The number of hydrogen-bond donors (Lipinski definition) is 2. The van der Waals surface area contributed by atoms with Crippen molar-refractivity contribution in [3.8, 4) is 0 Å². The number of rotatable bonds is 8. The number of carbonyl (C=O) groups is 1. The molecule has 4 nitrogen and oxygen atoms in total. The Bertz CT molecular complexity index is 348. The molecule has 2 fully saturated rings. The smallest absolute Gasteiger partial charge is 0.237 e. The van der Waals surface area contributed by atoms with Crippen molar-refractivity contribution in [2.45, 2.75) is 82.8 Å². The molecule has 1 atom stereocenters. The number of amides is 1. The Morgan fingerprint density at radius 1 is 1.24 bits per heavy atom. The van der Waals surface area contributed by atoms with Crippen LogP contribution in [0, 0.1) is 5.92 Å². The number of primary amides is 1. The lowest BCUT2D eigenvalue weighted by Crippen LogP contribution is -2.55. The molecule has 0 bridgehead atoms. The van der Waals surface area contributed by atoms with Crippen molar-refractivity contribution in [3.63, 3.8) is 0 Å². The summed E-state index contributed by atoms with van der Waals surface area (Å²) in [4.78, 5) is 14.2. The fourth-order valence-corrected chi connectivity index (χ4v) is 3.52. The quantitative estimate of drug-likeness (QED) is 0.722. The first-order valence-corrected chi connectivity index (χ1v) is 8.72. The zero-order valence-electron chi connectivity index (χ0n) is 14.0. The molecule has 2 saturated carbocycles. The van der Waals surface area contributed by atoms with Gasteiger partial charge in [0, 0.05) is 18.6 Å². The van der Waals surface area contributed by atoms with Crippen LogP contribution in [0.2, 0.25) is 0 Å². The summed E-state index contributed by atoms with van der Waals surface area (Å²) in [5, 5.41) is 3.44. The normalized spacial score (nSPS) is 29.3. The third-order valence-corrected chi connectivity index (χ3v) is 5.63. The van der Waals surface area contributed by atoms with Crippen LogP contribution in [-0.4, -0.2) is 42.0 Å². The lowest BCUT2D eigenvalue weighted by molar-refractivity contribution is -0.124. The number of nitrogens with zero attached hydrogens (tertiary/aromatic N) is 1. The standard InChI is InChI=1S/C17H33N3O/c1-4-13-5-9-15(10-6-13)20(3)12-11-17(2,16(18)21)19-14-7-8-14/h13-15,19H,4-12H2,1-3H3,(H2,18,21). The molecule has 21 heavy (non-hydrogen) atoms. The molecular formula is C17H33N3O. The summed E-state index contributed by atoms with van der Waals surface area (Å²) in [6.45, 7) is 5.21. The van der Waals surface area contributed by atoms with Crippen molar-refractivity contribution < 1.29 is 4.79 Å². The molecule has 122 valence electrons. The Labute approximate surface area is 129 Å². The van der Waals surface area contributed by atoms with Gasteiger partial charge < -0.3 is 16.0 Å². The molecule has 0 saturated heterocycles. The van der Waals surface area contributed by atoms with Crippen LogP contribution in [-0.2, 0) is 4.79 Å². The molecule has 0 aromatic rings. The van der Waals surface area contributed by atoms with E-state index < -0.39 is 5.54 Å². The van der Waals surface area contributed by atoms with Crippen molar-refractivity contribution in [1.29, 1.82) is 0 Å². The van der Waals surface area contributed by atoms with Crippen LogP contribution in [0.3, 0.4) is 0 Å². The molecule has 2 rings (SSSR count). The Kier molecular flexibility index (Phi) is 5.67. The summed E-state index contributed by atoms with van der Waals surface area (Å²) in [6, 6.07) is 1.19. The SMILES string of the molecule is CCC1CCC(N(C)CCC(C)(NC2CC2)C(N)=O)CC1. The Morgan fingerprint density at radius 2 is 1.86 bits per heavy atom. The molecule has 0 heterocycles. The van der Waals surface area contributed by atoms with Crippen molar-refractivity contribution in [2.75, 3.05) is 13.6 Å². The van der Waals surface area contributed by atoms with Crippen molar-refractivity contribution in [1.82, 2.24) is 10.2 Å². The van der Waals surface area contributed by atoms with Crippen LogP contribution in [0.15, 0.2) is 0 Å². The van der Waals surface area contributed by atoms with Crippen molar-refractivity contribution >= 4 is 5.91 Å². The third kappa shape index (κ3) is 4.68. The second kappa shape index (κ2) is 7.10. The summed E-state index contributed by atoms with van der Waals surface area (Å²) in [6.07, 6.45) is 9.82. The average molecular weight is 295 g/mol. The van der Waals surface area contributed by atoms with E-state index in [1.54, 1.807) is 0 Å². The van der Waals surface area contributed by atoms with E-state index in [1.807, 2.05) is 6.92 Å². The third-order valence-electron chi connectivity index (χ3n) is 5.63. The maximum atomic E-state index is 11.8. The minimum atomic E-state index is -0.546. The summed E-state index contributed by atoms with van der Waals surface area (Å²) in [5.41, 5.74) is 5.08. The van der Waals surface area contributed by atoms with E-state index in [0.717, 1.165) is 18.9 Å². The van der Waals surface area contributed by atoms with Crippen LogP contribution in [0.5, 0.6) is 0 Å². The second-order valence-corrected chi connectivity index (χ2v) is 7.43. The molecule has 1 amide bonds. The molecule has 0 aromatic heterocycles. The van der Waals surface area contributed by atoms with E-state index in [0.29, 0.717) is 12.1 Å². The first-order chi connectivity index (χ1) is 9.94. The summed E-state index contributed by atoms with van der Waals surface area (Å²) in [5.74, 6) is 0.722. The number of nitrogens with two attached hydrogens (primary N) is 1. The van der Waals surface area contributed by atoms with Gasteiger partial charge in [-0.25, -0.2) is 0 Å². The summed E-state index contributed by atoms with van der Waals surface area (Å²) >= 11 is 0. The van der Waals surface area contributed by atoms with Gasteiger partial charge in [-0.15, -0.1) is 0 Å². The fraction of sp³-hybridized carbons (Fsp3) is 0.941. The van der Waals surface area contributed by atoms with Gasteiger partial charge in [-0.1, -0.05) is 13.3 Å². The molecule has 2 aliphatic rings. The average Bonchev–Trinajstić information content (AvgIpc) is 3.28. The van der Waals surface area contributed by atoms with E-state index in [9.17, 15) is 4.79 Å². The number of hydrogen-bond acceptors (Lipinski definition) is 3. The highest BCUT2D eigenvalue weighted by Gasteiger charge is 2.37. The molecule has 4 heteroatoms. The van der Waals surface area contributed by atoms with Crippen LogP contribution >= 0.6 is 0 Å². The van der Waals surface area contributed by atoms with Gasteiger partial charge in [0.1, 0.15) is 0 Å². The van der Waals surface area contributed by atoms with Crippen LogP contribution in [0.4, 0.5) is 0 Å². The molecule has 1 unspecified atom stereocenters. The molecule has 2 aliphatic carbocycles. The van der Waals surface area contributed by atoms with Crippen LogP contribution in [0.25, 0.3) is 0 Å². The largest absolute Gasteiger partial charge is 0.368 e. The monoisotopic (exact) mass is 295 g/mol. The van der Waals surface area contributed by atoms with Gasteiger partial charge >= 0.3 is 0 Å². The minimum Gasteiger partial charge on any atom is -0.368 e. The van der Waals surface area contributed by atoms with Gasteiger partial charge in [0.2, 0.25) is 5.91 Å². The van der Waals surface area contributed by atoms with Crippen LogP contribution < -0.4 is 11.1 Å². The lowest BCUT2D eigenvalue weighted by Gasteiger charge is -2.36. The maximum absolute atomic E-state index is 11.8. The zero-order chi connectivity index (χ0) is 15.5. The molecule has 0 spiro atoms. The first kappa shape index (κ1) is 16.8. The predicted octanol–water partition coefficient (Wildman–Crippen LogP) is 2.27. The fourth-order valence-electron chi connectivity index (χ4n) is 3.52. The summed E-state index contributed by atoms with van der Waals surface area (Å²) < 4.78 is 0. The van der Waals surface area contributed by atoms with Gasteiger partial charge in [-0.05, 0) is 64.8 Å². The van der Waals surface area contributed by atoms with E-state index >= 15 is 0 Å². The molecule has 0 radical (unpaired) electrons. The van der Waals surface area contributed by atoms with Crippen molar-refractivity contribution in [2.24, 2.45) is 11.7 Å². The predicted molar refractivity (Wildman–Crippen MR) is 87.0 cm³/mol. The zero-order valence-corrected chi connectivity index (χ0v) is 14.0. The number of nitrogens with one attached hydrogen (secondary N) is 1. The molecule has 0 aliphatic heterocycles. The second-order valence-electron chi connectivity index (χ2n) is 7.43. The van der Waals surface area contributed by atoms with Gasteiger partial charge in [0.25, 0.3) is 0 Å². The maximum Gasteiger partial charge on any atom is 0.237 e. The van der Waals surface area contributed by atoms with Gasteiger partial charge in [0.05, 0.1) is 5.54 Å².